The Labute approximate surface area is 107 Å². The SMILES string of the molecule is NCCOc1cnn(CC2CCCCC2)c(=O)c1. The summed E-state index contributed by atoms with van der Waals surface area (Å²) in [7, 11) is 0. The summed E-state index contributed by atoms with van der Waals surface area (Å²) in [5.74, 6) is 1.10. The monoisotopic (exact) mass is 251 g/mol. The van der Waals surface area contributed by atoms with E-state index in [2.05, 4.69) is 5.10 Å². The average Bonchev–Trinajstić information content (AvgIpc) is 2.40. The van der Waals surface area contributed by atoms with Gasteiger partial charge in [-0.25, -0.2) is 4.68 Å². The molecule has 0 unspecified atom stereocenters. The Morgan fingerprint density at radius 2 is 2.17 bits per heavy atom. The third kappa shape index (κ3) is 3.57. The highest BCUT2D eigenvalue weighted by Gasteiger charge is 2.15. The molecule has 0 radical (unpaired) electrons. The van der Waals surface area contributed by atoms with Crippen molar-refractivity contribution < 1.29 is 4.74 Å². The summed E-state index contributed by atoms with van der Waals surface area (Å²) in [6.45, 7) is 1.58. The smallest absolute Gasteiger partial charge is 0.270 e. The van der Waals surface area contributed by atoms with Crippen LogP contribution < -0.4 is 16.0 Å². The van der Waals surface area contributed by atoms with Crippen molar-refractivity contribution >= 4 is 0 Å². The van der Waals surface area contributed by atoms with Crippen molar-refractivity contribution in [3.63, 3.8) is 0 Å². The zero-order valence-electron chi connectivity index (χ0n) is 10.7. The van der Waals surface area contributed by atoms with Crippen molar-refractivity contribution in [1.82, 2.24) is 9.78 Å². The minimum absolute atomic E-state index is 0.0879. The minimum atomic E-state index is -0.0879. The Morgan fingerprint density at radius 3 is 2.83 bits per heavy atom. The van der Waals surface area contributed by atoms with E-state index in [4.69, 9.17) is 10.5 Å². The maximum absolute atomic E-state index is 11.9. The van der Waals surface area contributed by atoms with Gasteiger partial charge in [0.1, 0.15) is 12.4 Å². The number of rotatable bonds is 5. The molecule has 0 aromatic carbocycles. The third-order valence-corrected chi connectivity index (χ3v) is 3.39. The molecule has 1 fully saturated rings. The fraction of sp³-hybridized carbons (Fsp3) is 0.692. The Balaban J connectivity index is 1.98. The highest BCUT2D eigenvalue weighted by molar-refractivity contribution is 5.13. The lowest BCUT2D eigenvalue weighted by Crippen LogP contribution is -2.27. The fourth-order valence-electron chi connectivity index (χ4n) is 2.42. The van der Waals surface area contributed by atoms with Crippen LogP contribution in [0.25, 0.3) is 0 Å². The molecule has 2 rings (SSSR count). The molecular formula is C13H21N3O2. The molecule has 18 heavy (non-hydrogen) atoms. The molecule has 1 aliphatic rings. The predicted molar refractivity (Wildman–Crippen MR) is 69.6 cm³/mol. The largest absolute Gasteiger partial charge is 0.490 e. The van der Waals surface area contributed by atoms with Crippen LogP contribution in [0.1, 0.15) is 32.1 Å². The molecule has 2 N–H and O–H groups in total. The van der Waals surface area contributed by atoms with Crippen molar-refractivity contribution in [2.24, 2.45) is 11.7 Å². The lowest BCUT2D eigenvalue weighted by Gasteiger charge is -2.21. The second-order valence-electron chi connectivity index (χ2n) is 4.85. The number of nitrogens with two attached hydrogens (primary N) is 1. The summed E-state index contributed by atoms with van der Waals surface area (Å²) < 4.78 is 6.83. The summed E-state index contributed by atoms with van der Waals surface area (Å²) in [5, 5.41) is 4.16. The van der Waals surface area contributed by atoms with Gasteiger partial charge < -0.3 is 10.5 Å². The maximum Gasteiger partial charge on any atom is 0.270 e. The van der Waals surface area contributed by atoms with Gasteiger partial charge in [-0.2, -0.15) is 5.10 Å². The molecule has 100 valence electrons. The van der Waals surface area contributed by atoms with Gasteiger partial charge in [0.25, 0.3) is 5.56 Å². The molecule has 0 bridgehead atoms. The molecule has 1 saturated carbocycles. The molecule has 0 aliphatic heterocycles. The van der Waals surface area contributed by atoms with E-state index in [0.29, 0.717) is 24.8 Å². The van der Waals surface area contributed by atoms with Gasteiger partial charge in [0.2, 0.25) is 0 Å². The highest BCUT2D eigenvalue weighted by atomic mass is 16.5. The number of nitrogens with zero attached hydrogens (tertiary/aromatic N) is 2. The van der Waals surface area contributed by atoms with Crippen molar-refractivity contribution in [3.8, 4) is 5.75 Å². The molecular weight excluding hydrogens is 230 g/mol. The number of hydrogen-bond acceptors (Lipinski definition) is 4. The van der Waals surface area contributed by atoms with Gasteiger partial charge in [0.15, 0.2) is 0 Å². The van der Waals surface area contributed by atoms with E-state index in [-0.39, 0.29) is 5.56 Å². The van der Waals surface area contributed by atoms with Crippen LogP contribution >= 0.6 is 0 Å². The summed E-state index contributed by atoms with van der Waals surface area (Å²) in [6.07, 6.45) is 7.89. The highest BCUT2D eigenvalue weighted by Crippen LogP contribution is 2.24. The normalized spacial score (nSPS) is 16.7. The van der Waals surface area contributed by atoms with E-state index in [1.807, 2.05) is 0 Å². The maximum atomic E-state index is 11.9. The van der Waals surface area contributed by atoms with Crippen LogP contribution in [0, 0.1) is 5.92 Å². The first-order valence-corrected chi connectivity index (χ1v) is 6.69. The van der Waals surface area contributed by atoms with Gasteiger partial charge in [0.05, 0.1) is 6.20 Å². The van der Waals surface area contributed by atoms with Gasteiger partial charge >= 0.3 is 0 Å². The average molecular weight is 251 g/mol. The van der Waals surface area contributed by atoms with Crippen LogP contribution in [-0.4, -0.2) is 22.9 Å². The van der Waals surface area contributed by atoms with E-state index in [9.17, 15) is 4.79 Å². The first kappa shape index (κ1) is 13.1. The summed E-state index contributed by atoms with van der Waals surface area (Å²) in [6, 6.07) is 1.49. The van der Waals surface area contributed by atoms with E-state index in [1.165, 1.54) is 38.2 Å². The molecule has 0 saturated heterocycles. The molecule has 0 atom stereocenters. The third-order valence-electron chi connectivity index (χ3n) is 3.39. The van der Waals surface area contributed by atoms with E-state index in [0.717, 1.165) is 6.54 Å². The van der Waals surface area contributed by atoms with Gasteiger partial charge in [-0.05, 0) is 18.8 Å². The molecule has 0 spiro atoms. The van der Waals surface area contributed by atoms with Crippen LogP contribution in [-0.2, 0) is 6.54 Å². The Morgan fingerprint density at radius 1 is 1.39 bits per heavy atom. The van der Waals surface area contributed by atoms with Crippen molar-refractivity contribution in [1.29, 1.82) is 0 Å². The first-order valence-electron chi connectivity index (χ1n) is 6.69. The number of aromatic nitrogens is 2. The zero-order valence-corrected chi connectivity index (χ0v) is 10.7. The second kappa shape index (κ2) is 6.54. The Hall–Kier alpha value is -1.36. The summed E-state index contributed by atoms with van der Waals surface area (Å²) in [5.41, 5.74) is 5.25. The van der Waals surface area contributed by atoms with E-state index >= 15 is 0 Å². The molecule has 1 aliphatic carbocycles. The Kier molecular flexibility index (Phi) is 4.75. The topological polar surface area (TPSA) is 70.1 Å². The van der Waals surface area contributed by atoms with Gasteiger partial charge in [0, 0.05) is 19.2 Å². The van der Waals surface area contributed by atoms with Crippen LogP contribution in [0.15, 0.2) is 17.1 Å². The van der Waals surface area contributed by atoms with Crippen LogP contribution in [0.3, 0.4) is 0 Å². The quantitative estimate of drug-likeness (QED) is 0.852. The first-order chi connectivity index (χ1) is 8.79. The standard InChI is InChI=1S/C13H21N3O2/c14-6-7-18-12-8-13(17)16(15-9-12)10-11-4-2-1-3-5-11/h8-9,11H,1-7,10,14H2. The number of hydrogen-bond donors (Lipinski definition) is 1. The lowest BCUT2D eigenvalue weighted by molar-refractivity contribution is 0.296. The van der Waals surface area contributed by atoms with Gasteiger partial charge in [-0.1, -0.05) is 19.3 Å². The van der Waals surface area contributed by atoms with Crippen LogP contribution in [0.5, 0.6) is 5.75 Å². The van der Waals surface area contributed by atoms with E-state index < -0.39 is 0 Å². The van der Waals surface area contributed by atoms with Crippen molar-refractivity contribution in [3.05, 3.63) is 22.6 Å². The van der Waals surface area contributed by atoms with E-state index in [1.54, 1.807) is 10.9 Å². The lowest BCUT2D eigenvalue weighted by atomic mass is 9.89. The van der Waals surface area contributed by atoms with Crippen LogP contribution in [0.2, 0.25) is 0 Å². The summed E-state index contributed by atoms with van der Waals surface area (Å²) >= 11 is 0. The van der Waals surface area contributed by atoms with Crippen molar-refractivity contribution in [2.75, 3.05) is 13.2 Å². The zero-order chi connectivity index (χ0) is 12.8. The minimum Gasteiger partial charge on any atom is -0.490 e. The molecule has 5 heteroatoms. The molecule has 1 aromatic rings. The second-order valence-corrected chi connectivity index (χ2v) is 4.85. The molecule has 1 heterocycles. The predicted octanol–water partition coefficient (Wildman–Crippen LogP) is 1.16. The molecule has 5 nitrogen and oxygen atoms in total. The summed E-state index contributed by atoms with van der Waals surface area (Å²) in [4.78, 5) is 11.9. The van der Waals surface area contributed by atoms with Gasteiger partial charge in [-0.3, -0.25) is 4.79 Å². The number of ether oxygens (including phenoxy) is 1. The molecule has 1 aromatic heterocycles. The van der Waals surface area contributed by atoms with Crippen molar-refractivity contribution in [2.45, 2.75) is 38.6 Å². The Bertz CT molecular complexity index is 424. The van der Waals surface area contributed by atoms with Gasteiger partial charge in [-0.15, -0.1) is 0 Å². The molecule has 0 amide bonds. The fourth-order valence-corrected chi connectivity index (χ4v) is 2.42. The van der Waals surface area contributed by atoms with Crippen LogP contribution in [0.4, 0.5) is 0 Å².